The van der Waals surface area contributed by atoms with Crippen LogP contribution in [-0.4, -0.2) is 48.6 Å². The van der Waals surface area contributed by atoms with E-state index < -0.39 is 0 Å². The van der Waals surface area contributed by atoms with Crippen LogP contribution in [0.1, 0.15) is 30.0 Å². The van der Waals surface area contributed by atoms with Crippen LogP contribution in [0.15, 0.2) is 53.6 Å². The largest absolute Gasteiger partial charge is 0.368 e. The highest BCUT2D eigenvalue weighted by Crippen LogP contribution is 2.21. The van der Waals surface area contributed by atoms with Gasteiger partial charge in [0.05, 0.1) is 12.1 Å². The maximum absolute atomic E-state index is 12.6. The Kier molecular flexibility index (Phi) is 5.84. The molecule has 0 spiro atoms. The quantitative estimate of drug-likeness (QED) is 0.852. The summed E-state index contributed by atoms with van der Waals surface area (Å²) >= 11 is 0. The Balaban J connectivity index is 1.33. The molecule has 6 nitrogen and oxygen atoms in total. The molecule has 1 N–H and O–H groups in total. The summed E-state index contributed by atoms with van der Waals surface area (Å²) in [4.78, 5) is 28.4. The fraction of sp³-hybridized carbons (Fsp3) is 0.375. The molecular weight excluding hydrogens is 376 g/mol. The van der Waals surface area contributed by atoms with Gasteiger partial charge in [-0.1, -0.05) is 48.9 Å². The molecule has 2 aromatic rings. The molecule has 0 radical (unpaired) electrons. The zero-order valence-electron chi connectivity index (χ0n) is 17.6. The third-order valence-electron chi connectivity index (χ3n) is 5.90. The van der Waals surface area contributed by atoms with Gasteiger partial charge in [0.25, 0.3) is 0 Å². The molecule has 0 aliphatic carbocycles. The molecule has 0 saturated carbocycles. The van der Waals surface area contributed by atoms with Crippen LogP contribution in [0.3, 0.4) is 0 Å². The standard InChI is InChI=1S/C24H28N4O2/c1-17-3-5-19(6-4-17)16-23(30)28-13-11-27(12-14-28)21-9-7-20(8-10-21)24-18(2)15-22(29)25-26-24/h3-10,18H,11-16H2,1-2H3,(H,25,29). The monoisotopic (exact) mass is 404 g/mol. The Morgan fingerprint density at radius 1 is 1.03 bits per heavy atom. The summed E-state index contributed by atoms with van der Waals surface area (Å²) in [6, 6.07) is 16.5. The van der Waals surface area contributed by atoms with Crippen molar-refractivity contribution >= 4 is 23.2 Å². The second-order valence-corrected chi connectivity index (χ2v) is 8.21. The number of piperazine rings is 1. The zero-order valence-corrected chi connectivity index (χ0v) is 17.6. The molecule has 0 bridgehead atoms. The fourth-order valence-electron chi connectivity index (χ4n) is 4.05. The van der Waals surface area contributed by atoms with E-state index in [9.17, 15) is 9.59 Å². The number of nitrogens with one attached hydrogen (secondary N) is 1. The van der Waals surface area contributed by atoms with Gasteiger partial charge in [-0.15, -0.1) is 0 Å². The van der Waals surface area contributed by atoms with Gasteiger partial charge in [-0.3, -0.25) is 9.59 Å². The first kappa shape index (κ1) is 20.1. The van der Waals surface area contributed by atoms with Crippen molar-refractivity contribution in [3.8, 4) is 0 Å². The third kappa shape index (κ3) is 4.53. The highest BCUT2D eigenvalue weighted by Gasteiger charge is 2.23. The van der Waals surface area contributed by atoms with Crippen molar-refractivity contribution in [3.05, 3.63) is 65.2 Å². The van der Waals surface area contributed by atoms with Gasteiger partial charge in [0, 0.05) is 44.2 Å². The lowest BCUT2D eigenvalue weighted by atomic mass is 9.94. The molecular formula is C24H28N4O2. The summed E-state index contributed by atoms with van der Waals surface area (Å²) in [5.41, 5.74) is 7.97. The van der Waals surface area contributed by atoms with Crippen LogP contribution in [0.2, 0.25) is 0 Å². The molecule has 2 aliphatic heterocycles. The van der Waals surface area contributed by atoms with Crippen molar-refractivity contribution in [2.24, 2.45) is 11.0 Å². The van der Waals surface area contributed by atoms with Gasteiger partial charge in [-0.25, -0.2) is 5.43 Å². The van der Waals surface area contributed by atoms with Gasteiger partial charge in [0.2, 0.25) is 11.8 Å². The van der Waals surface area contributed by atoms with E-state index in [1.54, 1.807) is 0 Å². The summed E-state index contributed by atoms with van der Waals surface area (Å²) in [7, 11) is 0. The van der Waals surface area contributed by atoms with Crippen molar-refractivity contribution < 1.29 is 9.59 Å². The number of benzene rings is 2. The van der Waals surface area contributed by atoms with Crippen molar-refractivity contribution in [3.63, 3.8) is 0 Å². The van der Waals surface area contributed by atoms with E-state index in [1.807, 2.05) is 24.0 Å². The topological polar surface area (TPSA) is 65.0 Å². The van der Waals surface area contributed by atoms with E-state index in [1.165, 1.54) is 5.56 Å². The molecule has 4 rings (SSSR count). The van der Waals surface area contributed by atoms with Gasteiger partial charge in [0.1, 0.15) is 0 Å². The van der Waals surface area contributed by atoms with E-state index in [0.717, 1.165) is 48.7 Å². The van der Waals surface area contributed by atoms with Crippen LogP contribution in [0.25, 0.3) is 0 Å². The van der Waals surface area contributed by atoms with E-state index >= 15 is 0 Å². The van der Waals surface area contributed by atoms with E-state index in [2.05, 4.69) is 58.7 Å². The molecule has 30 heavy (non-hydrogen) atoms. The molecule has 2 amide bonds. The minimum atomic E-state index is -0.0299. The minimum Gasteiger partial charge on any atom is -0.368 e. The van der Waals surface area contributed by atoms with Crippen LogP contribution in [0.4, 0.5) is 5.69 Å². The number of hydrazone groups is 1. The normalized spacial score (nSPS) is 19.3. The first-order valence-electron chi connectivity index (χ1n) is 10.5. The Hall–Kier alpha value is -3.15. The van der Waals surface area contributed by atoms with Crippen molar-refractivity contribution in [1.29, 1.82) is 0 Å². The molecule has 2 aliphatic rings. The first-order valence-corrected chi connectivity index (χ1v) is 10.5. The second-order valence-electron chi connectivity index (χ2n) is 8.21. The summed E-state index contributed by atoms with van der Waals surface area (Å²) in [6.45, 7) is 7.21. The summed E-state index contributed by atoms with van der Waals surface area (Å²) in [6.07, 6.45) is 0.935. The Labute approximate surface area is 177 Å². The molecule has 1 atom stereocenters. The minimum absolute atomic E-state index is 0.0299. The van der Waals surface area contributed by atoms with Crippen LogP contribution in [0.5, 0.6) is 0 Å². The average molecular weight is 405 g/mol. The maximum Gasteiger partial charge on any atom is 0.240 e. The van der Waals surface area contributed by atoms with Crippen LogP contribution in [-0.2, 0) is 16.0 Å². The lowest BCUT2D eigenvalue weighted by molar-refractivity contribution is -0.130. The molecule has 1 saturated heterocycles. The molecule has 2 aromatic carbocycles. The average Bonchev–Trinajstić information content (AvgIpc) is 2.76. The maximum atomic E-state index is 12.6. The van der Waals surface area contributed by atoms with E-state index in [-0.39, 0.29) is 17.7 Å². The van der Waals surface area contributed by atoms with Crippen molar-refractivity contribution in [2.75, 3.05) is 31.1 Å². The van der Waals surface area contributed by atoms with Gasteiger partial charge in [-0.2, -0.15) is 5.10 Å². The summed E-state index contributed by atoms with van der Waals surface area (Å²) < 4.78 is 0. The lowest BCUT2D eigenvalue weighted by Gasteiger charge is -2.36. The number of carbonyl (C=O) groups excluding carboxylic acids is 2. The van der Waals surface area contributed by atoms with E-state index in [4.69, 9.17) is 0 Å². The summed E-state index contributed by atoms with van der Waals surface area (Å²) in [5.74, 6) is 0.283. The molecule has 156 valence electrons. The third-order valence-corrected chi connectivity index (χ3v) is 5.90. The number of hydrogen-bond acceptors (Lipinski definition) is 4. The molecule has 6 heteroatoms. The highest BCUT2D eigenvalue weighted by molar-refractivity contribution is 6.05. The predicted molar refractivity (Wildman–Crippen MR) is 119 cm³/mol. The van der Waals surface area contributed by atoms with Crippen LogP contribution in [0, 0.1) is 12.8 Å². The Morgan fingerprint density at radius 2 is 1.70 bits per heavy atom. The second kappa shape index (κ2) is 8.69. The number of amides is 2. The Bertz CT molecular complexity index is 942. The van der Waals surface area contributed by atoms with Crippen molar-refractivity contribution in [1.82, 2.24) is 10.3 Å². The van der Waals surface area contributed by atoms with Gasteiger partial charge in [0.15, 0.2) is 0 Å². The molecule has 0 aromatic heterocycles. The smallest absolute Gasteiger partial charge is 0.240 e. The first-order chi connectivity index (χ1) is 14.5. The predicted octanol–water partition coefficient (Wildman–Crippen LogP) is 2.75. The zero-order chi connectivity index (χ0) is 21.1. The fourth-order valence-corrected chi connectivity index (χ4v) is 4.05. The van der Waals surface area contributed by atoms with Gasteiger partial charge >= 0.3 is 0 Å². The lowest BCUT2D eigenvalue weighted by Crippen LogP contribution is -2.49. The number of aryl methyl sites for hydroxylation is 1. The number of rotatable bonds is 4. The molecule has 1 unspecified atom stereocenters. The van der Waals surface area contributed by atoms with Gasteiger partial charge < -0.3 is 9.80 Å². The Morgan fingerprint density at radius 3 is 2.33 bits per heavy atom. The number of anilines is 1. The SMILES string of the molecule is Cc1ccc(CC(=O)N2CCN(c3ccc(C4=NNC(=O)CC4C)cc3)CC2)cc1. The van der Waals surface area contributed by atoms with Crippen molar-refractivity contribution in [2.45, 2.75) is 26.7 Å². The number of hydrogen-bond donors (Lipinski definition) is 1. The number of carbonyl (C=O) groups is 2. The van der Waals surface area contributed by atoms with Crippen LogP contribution < -0.4 is 10.3 Å². The number of nitrogens with zero attached hydrogens (tertiary/aromatic N) is 3. The van der Waals surface area contributed by atoms with Crippen LogP contribution >= 0.6 is 0 Å². The highest BCUT2D eigenvalue weighted by atomic mass is 16.2. The van der Waals surface area contributed by atoms with Gasteiger partial charge in [-0.05, 0) is 30.2 Å². The molecule has 2 heterocycles. The van der Waals surface area contributed by atoms with E-state index in [0.29, 0.717) is 12.8 Å². The molecule has 1 fully saturated rings. The summed E-state index contributed by atoms with van der Waals surface area (Å²) in [5, 5.41) is 4.23.